The fraction of sp³-hybridized carbons (Fsp3) is 0.417. The van der Waals surface area contributed by atoms with E-state index in [1.165, 1.54) is 0 Å². The predicted molar refractivity (Wildman–Crippen MR) is 62.6 cm³/mol. The second-order valence-corrected chi connectivity index (χ2v) is 4.21. The van der Waals surface area contributed by atoms with E-state index in [2.05, 4.69) is 10.3 Å². The zero-order valence-corrected chi connectivity index (χ0v) is 9.31. The number of para-hydroxylation sites is 1. The summed E-state index contributed by atoms with van der Waals surface area (Å²) in [5, 5.41) is 3.30. The quantitative estimate of drug-likeness (QED) is 0.824. The smallest absolute Gasteiger partial charge is 0.145 e. The van der Waals surface area contributed by atoms with E-state index in [0.717, 1.165) is 36.3 Å². The Morgan fingerprint density at radius 2 is 2.44 bits per heavy atom. The van der Waals surface area contributed by atoms with Gasteiger partial charge < -0.3 is 14.6 Å². The minimum Gasteiger partial charge on any atom is -0.487 e. The maximum Gasteiger partial charge on any atom is 0.145 e. The van der Waals surface area contributed by atoms with Crippen LogP contribution in [0.3, 0.4) is 0 Å². The molecule has 4 nitrogen and oxygen atoms in total. The van der Waals surface area contributed by atoms with Crippen molar-refractivity contribution < 1.29 is 4.74 Å². The SMILES string of the molecule is Cn1cnc2cccc(OC3CCNC3)c21. The molecule has 1 atom stereocenters. The number of rotatable bonds is 2. The molecule has 0 aliphatic carbocycles. The van der Waals surface area contributed by atoms with E-state index in [9.17, 15) is 0 Å². The molecule has 0 radical (unpaired) electrons. The molecule has 0 spiro atoms. The van der Waals surface area contributed by atoms with Gasteiger partial charge in [0.2, 0.25) is 0 Å². The molecular weight excluding hydrogens is 202 g/mol. The summed E-state index contributed by atoms with van der Waals surface area (Å²) < 4.78 is 8.01. The number of benzene rings is 1. The Morgan fingerprint density at radius 3 is 3.25 bits per heavy atom. The molecule has 1 aromatic heterocycles. The molecule has 2 aromatic rings. The highest BCUT2D eigenvalue weighted by Gasteiger charge is 2.17. The first-order valence-corrected chi connectivity index (χ1v) is 5.62. The number of nitrogens with zero attached hydrogens (tertiary/aromatic N) is 2. The third-order valence-electron chi connectivity index (χ3n) is 3.01. The Bertz CT molecular complexity index is 500. The first-order valence-electron chi connectivity index (χ1n) is 5.62. The van der Waals surface area contributed by atoms with Crippen molar-refractivity contribution in [3.05, 3.63) is 24.5 Å². The van der Waals surface area contributed by atoms with Crippen molar-refractivity contribution in [1.29, 1.82) is 0 Å². The average molecular weight is 217 g/mol. The van der Waals surface area contributed by atoms with Crippen molar-refractivity contribution in [2.24, 2.45) is 7.05 Å². The fourth-order valence-electron chi connectivity index (χ4n) is 2.18. The van der Waals surface area contributed by atoms with Crippen LogP contribution >= 0.6 is 0 Å². The Hall–Kier alpha value is -1.55. The molecule has 1 aliphatic heterocycles. The predicted octanol–water partition coefficient (Wildman–Crippen LogP) is 1.31. The molecule has 1 saturated heterocycles. The highest BCUT2D eigenvalue weighted by atomic mass is 16.5. The van der Waals surface area contributed by atoms with E-state index < -0.39 is 0 Å². The zero-order valence-electron chi connectivity index (χ0n) is 9.31. The van der Waals surface area contributed by atoms with Gasteiger partial charge in [-0.1, -0.05) is 6.07 Å². The largest absolute Gasteiger partial charge is 0.487 e. The number of nitrogens with one attached hydrogen (secondary N) is 1. The lowest BCUT2D eigenvalue weighted by Crippen LogP contribution is -2.19. The van der Waals surface area contributed by atoms with Crippen LogP contribution < -0.4 is 10.1 Å². The monoisotopic (exact) mass is 217 g/mol. The van der Waals surface area contributed by atoms with Crippen molar-refractivity contribution in [1.82, 2.24) is 14.9 Å². The van der Waals surface area contributed by atoms with Crippen LogP contribution in [-0.2, 0) is 7.05 Å². The second kappa shape index (κ2) is 3.79. The Balaban J connectivity index is 1.98. The Morgan fingerprint density at radius 1 is 1.50 bits per heavy atom. The van der Waals surface area contributed by atoms with Crippen molar-refractivity contribution in [2.45, 2.75) is 12.5 Å². The molecular formula is C12H15N3O. The minimum atomic E-state index is 0.292. The lowest BCUT2D eigenvalue weighted by Gasteiger charge is -2.13. The van der Waals surface area contributed by atoms with Crippen molar-refractivity contribution in [2.75, 3.05) is 13.1 Å². The van der Waals surface area contributed by atoms with Gasteiger partial charge in [0.15, 0.2) is 0 Å². The number of fused-ring (bicyclic) bond motifs is 1. The number of imidazole rings is 1. The average Bonchev–Trinajstić information content (AvgIpc) is 2.90. The van der Waals surface area contributed by atoms with Gasteiger partial charge in [-0.3, -0.25) is 0 Å². The van der Waals surface area contributed by atoms with Crippen LogP contribution in [0, 0.1) is 0 Å². The van der Waals surface area contributed by atoms with E-state index in [1.54, 1.807) is 0 Å². The van der Waals surface area contributed by atoms with E-state index in [-0.39, 0.29) is 0 Å². The van der Waals surface area contributed by atoms with E-state index in [4.69, 9.17) is 4.74 Å². The van der Waals surface area contributed by atoms with Crippen LogP contribution in [-0.4, -0.2) is 28.7 Å². The molecule has 84 valence electrons. The minimum absolute atomic E-state index is 0.292. The van der Waals surface area contributed by atoms with Gasteiger partial charge in [-0.15, -0.1) is 0 Å². The van der Waals surface area contributed by atoms with Gasteiger partial charge in [0.05, 0.1) is 11.8 Å². The van der Waals surface area contributed by atoms with Crippen LogP contribution in [0.25, 0.3) is 11.0 Å². The van der Waals surface area contributed by atoms with Gasteiger partial charge in [-0.05, 0) is 25.1 Å². The molecule has 4 heteroatoms. The van der Waals surface area contributed by atoms with Crippen LogP contribution in [0.1, 0.15) is 6.42 Å². The summed E-state index contributed by atoms with van der Waals surface area (Å²) in [5.74, 6) is 0.936. The first-order chi connectivity index (χ1) is 7.84. The van der Waals surface area contributed by atoms with Crippen molar-refractivity contribution >= 4 is 11.0 Å². The maximum atomic E-state index is 6.00. The Kier molecular flexibility index (Phi) is 2.29. The summed E-state index contributed by atoms with van der Waals surface area (Å²) in [5.41, 5.74) is 2.07. The highest BCUT2D eigenvalue weighted by Crippen LogP contribution is 2.25. The van der Waals surface area contributed by atoms with Crippen LogP contribution in [0.4, 0.5) is 0 Å². The van der Waals surface area contributed by atoms with Gasteiger partial charge in [0.25, 0.3) is 0 Å². The van der Waals surface area contributed by atoms with Gasteiger partial charge in [-0.2, -0.15) is 0 Å². The van der Waals surface area contributed by atoms with Crippen LogP contribution in [0.2, 0.25) is 0 Å². The second-order valence-electron chi connectivity index (χ2n) is 4.21. The third-order valence-corrected chi connectivity index (χ3v) is 3.01. The molecule has 3 rings (SSSR count). The standard InChI is InChI=1S/C12H15N3O/c1-15-8-14-10-3-2-4-11(12(10)15)16-9-5-6-13-7-9/h2-4,8-9,13H,5-7H2,1H3. The van der Waals surface area contributed by atoms with Crippen molar-refractivity contribution in [3.8, 4) is 5.75 Å². The molecule has 0 amide bonds. The van der Waals surface area contributed by atoms with Gasteiger partial charge >= 0.3 is 0 Å². The van der Waals surface area contributed by atoms with E-state index in [0.29, 0.717) is 6.10 Å². The lowest BCUT2D eigenvalue weighted by molar-refractivity contribution is 0.225. The third kappa shape index (κ3) is 1.55. The van der Waals surface area contributed by atoms with Gasteiger partial charge in [0.1, 0.15) is 17.4 Å². The summed E-state index contributed by atoms with van der Waals surface area (Å²) in [6, 6.07) is 6.02. The number of hydrogen-bond donors (Lipinski definition) is 1. The highest BCUT2D eigenvalue weighted by molar-refractivity contribution is 5.81. The summed E-state index contributed by atoms with van der Waals surface area (Å²) >= 11 is 0. The van der Waals surface area contributed by atoms with Crippen LogP contribution in [0.15, 0.2) is 24.5 Å². The molecule has 1 aliphatic rings. The molecule has 1 fully saturated rings. The Labute approximate surface area is 94.2 Å². The molecule has 16 heavy (non-hydrogen) atoms. The lowest BCUT2D eigenvalue weighted by atomic mass is 10.2. The summed E-state index contributed by atoms with van der Waals surface area (Å²) in [7, 11) is 2.00. The molecule has 1 N–H and O–H groups in total. The summed E-state index contributed by atoms with van der Waals surface area (Å²) in [6.45, 7) is 1.99. The molecule has 1 aromatic carbocycles. The molecule has 2 heterocycles. The molecule has 0 bridgehead atoms. The molecule has 0 saturated carbocycles. The molecule has 1 unspecified atom stereocenters. The van der Waals surface area contributed by atoms with Crippen LogP contribution in [0.5, 0.6) is 5.75 Å². The summed E-state index contributed by atoms with van der Waals surface area (Å²) in [4.78, 5) is 4.32. The topological polar surface area (TPSA) is 39.1 Å². The first kappa shape index (κ1) is 9.66. The van der Waals surface area contributed by atoms with Crippen molar-refractivity contribution in [3.63, 3.8) is 0 Å². The van der Waals surface area contributed by atoms with E-state index in [1.807, 2.05) is 36.1 Å². The zero-order chi connectivity index (χ0) is 11.0. The number of aromatic nitrogens is 2. The number of ether oxygens (including phenoxy) is 1. The van der Waals surface area contributed by atoms with Gasteiger partial charge in [-0.25, -0.2) is 4.98 Å². The number of hydrogen-bond acceptors (Lipinski definition) is 3. The normalized spacial score (nSPS) is 20.4. The van der Waals surface area contributed by atoms with Gasteiger partial charge in [0, 0.05) is 13.6 Å². The summed E-state index contributed by atoms with van der Waals surface area (Å²) in [6.07, 6.45) is 3.19. The fourth-order valence-corrected chi connectivity index (χ4v) is 2.18. The number of aryl methyl sites for hydroxylation is 1. The maximum absolute atomic E-state index is 6.00. The van der Waals surface area contributed by atoms with E-state index >= 15 is 0 Å².